The zero-order valence-corrected chi connectivity index (χ0v) is 10.9. The van der Waals surface area contributed by atoms with Crippen LogP contribution in [0.5, 0.6) is 0 Å². The van der Waals surface area contributed by atoms with Gasteiger partial charge in [0, 0.05) is 6.04 Å². The van der Waals surface area contributed by atoms with Crippen molar-refractivity contribution < 1.29 is 13.5 Å². The van der Waals surface area contributed by atoms with E-state index in [0.29, 0.717) is 0 Å². The van der Waals surface area contributed by atoms with Crippen LogP contribution in [0.2, 0.25) is 0 Å². The highest BCUT2D eigenvalue weighted by atomic mass is 32.2. The molecule has 2 atom stereocenters. The minimum absolute atomic E-state index is 0.0766. The monoisotopic (exact) mass is 259 g/mol. The molecule has 1 aliphatic carbocycles. The Morgan fingerprint density at radius 3 is 2.76 bits per heavy atom. The molecule has 0 saturated carbocycles. The van der Waals surface area contributed by atoms with E-state index >= 15 is 0 Å². The molecule has 0 unspecified atom stereocenters. The van der Waals surface area contributed by atoms with Crippen molar-refractivity contribution in [3.63, 3.8) is 0 Å². The van der Waals surface area contributed by atoms with Gasteiger partial charge < -0.3 is 10.4 Å². The van der Waals surface area contributed by atoms with Crippen molar-refractivity contribution in [2.75, 3.05) is 18.1 Å². The number of rotatable bonds is 4. The van der Waals surface area contributed by atoms with Gasteiger partial charge in [0.15, 0.2) is 9.84 Å². The summed E-state index contributed by atoms with van der Waals surface area (Å²) in [5.74, 6) is -0.0133. The molecule has 0 bridgehead atoms. The second kappa shape index (κ2) is 5.50. The summed E-state index contributed by atoms with van der Waals surface area (Å²) < 4.78 is 22.6. The fraction of sp³-hybridized carbons (Fsp3) is 0.833. The molecule has 0 aromatic heterocycles. The quantitative estimate of drug-likeness (QED) is 0.727. The molecule has 1 heterocycles. The third-order valence-electron chi connectivity index (χ3n) is 3.56. The molecule has 1 fully saturated rings. The van der Waals surface area contributed by atoms with E-state index in [0.717, 1.165) is 13.0 Å². The summed E-state index contributed by atoms with van der Waals surface area (Å²) in [6.45, 7) is 0.767. The van der Waals surface area contributed by atoms with E-state index in [1.165, 1.54) is 31.3 Å². The van der Waals surface area contributed by atoms with E-state index in [1.54, 1.807) is 0 Å². The second-order valence-corrected chi connectivity index (χ2v) is 7.22. The summed E-state index contributed by atoms with van der Waals surface area (Å²) in [6, 6.07) is -0.274. The second-order valence-electron chi connectivity index (χ2n) is 5.06. The Bertz CT molecular complexity index is 389. The number of sulfone groups is 1. The van der Waals surface area contributed by atoms with Crippen molar-refractivity contribution in [1.82, 2.24) is 5.32 Å². The number of aliphatic hydroxyl groups excluding tert-OH is 1. The first-order valence-corrected chi connectivity index (χ1v) is 8.19. The van der Waals surface area contributed by atoms with Gasteiger partial charge in [-0.3, -0.25) is 0 Å². The molecule has 17 heavy (non-hydrogen) atoms. The van der Waals surface area contributed by atoms with Gasteiger partial charge in [-0.1, -0.05) is 11.6 Å². The third-order valence-corrected chi connectivity index (χ3v) is 5.28. The van der Waals surface area contributed by atoms with Gasteiger partial charge in [0.05, 0.1) is 17.6 Å². The summed E-state index contributed by atoms with van der Waals surface area (Å²) >= 11 is 0. The zero-order chi connectivity index (χ0) is 12.3. The average Bonchev–Trinajstić information content (AvgIpc) is 2.53. The highest BCUT2D eigenvalue weighted by Gasteiger charge is 2.35. The summed E-state index contributed by atoms with van der Waals surface area (Å²) in [6.07, 6.45) is 7.45. The summed E-state index contributed by atoms with van der Waals surface area (Å²) in [5, 5.41) is 12.8. The summed E-state index contributed by atoms with van der Waals surface area (Å²) in [7, 11) is -3.03. The Labute approximate surface area is 103 Å². The largest absolute Gasteiger partial charge is 0.390 e. The van der Waals surface area contributed by atoms with Gasteiger partial charge in [0.25, 0.3) is 0 Å². The van der Waals surface area contributed by atoms with Gasteiger partial charge in [-0.05, 0) is 38.6 Å². The van der Waals surface area contributed by atoms with Crippen LogP contribution in [-0.4, -0.2) is 43.7 Å². The molecule has 2 rings (SSSR count). The molecular weight excluding hydrogens is 238 g/mol. The van der Waals surface area contributed by atoms with Crippen molar-refractivity contribution in [1.29, 1.82) is 0 Å². The van der Waals surface area contributed by atoms with E-state index in [4.69, 9.17) is 0 Å². The van der Waals surface area contributed by atoms with E-state index in [9.17, 15) is 13.5 Å². The molecule has 5 heteroatoms. The summed E-state index contributed by atoms with van der Waals surface area (Å²) in [5.41, 5.74) is 1.47. The van der Waals surface area contributed by atoms with Gasteiger partial charge in [-0.15, -0.1) is 0 Å². The maximum Gasteiger partial charge on any atom is 0.154 e. The van der Waals surface area contributed by atoms with Crippen LogP contribution in [0, 0.1) is 0 Å². The molecule has 0 aromatic rings. The number of hydrogen-bond donors (Lipinski definition) is 2. The Morgan fingerprint density at radius 2 is 2.18 bits per heavy atom. The minimum atomic E-state index is -3.03. The van der Waals surface area contributed by atoms with Crippen LogP contribution >= 0.6 is 0 Å². The number of aliphatic hydroxyl groups is 1. The van der Waals surface area contributed by atoms with Crippen molar-refractivity contribution >= 4 is 9.84 Å². The fourth-order valence-corrected chi connectivity index (χ4v) is 4.35. The SMILES string of the molecule is O=S1(=O)C[C@H](NCCC2=CCCCC2)[C@@H](O)C1. The maximum atomic E-state index is 11.3. The molecular formula is C12H21NO3S. The molecule has 0 spiro atoms. The Kier molecular flexibility index (Phi) is 4.22. The Balaban J connectivity index is 1.74. The van der Waals surface area contributed by atoms with E-state index in [-0.39, 0.29) is 17.5 Å². The predicted molar refractivity (Wildman–Crippen MR) is 67.6 cm³/mol. The van der Waals surface area contributed by atoms with Crippen molar-refractivity contribution in [3.05, 3.63) is 11.6 Å². The van der Waals surface area contributed by atoms with Crippen LogP contribution in [-0.2, 0) is 9.84 Å². The minimum Gasteiger partial charge on any atom is -0.390 e. The van der Waals surface area contributed by atoms with Crippen LogP contribution in [0.1, 0.15) is 32.1 Å². The predicted octanol–water partition coefficient (Wildman–Crippen LogP) is 0.624. The first-order valence-electron chi connectivity index (χ1n) is 6.36. The molecule has 2 aliphatic rings. The van der Waals surface area contributed by atoms with Crippen LogP contribution in [0.4, 0.5) is 0 Å². The lowest BCUT2D eigenvalue weighted by Gasteiger charge is -2.17. The number of nitrogens with one attached hydrogen (secondary N) is 1. The average molecular weight is 259 g/mol. The molecule has 0 radical (unpaired) electrons. The highest BCUT2D eigenvalue weighted by molar-refractivity contribution is 7.91. The van der Waals surface area contributed by atoms with Gasteiger partial charge >= 0.3 is 0 Å². The lowest BCUT2D eigenvalue weighted by molar-refractivity contribution is 0.166. The van der Waals surface area contributed by atoms with Crippen molar-refractivity contribution in [2.45, 2.75) is 44.2 Å². The molecule has 4 nitrogen and oxygen atoms in total. The topological polar surface area (TPSA) is 66.4 Å². The maximum absolute atomic E-state index is 11.3. The third kappa shape index (κ3) is 3.79. The van der Waals surface area contributed by atoms with Crippen molar-refractivity contribution in [3.8, 4) is 0 Å². The van der Waals surface area contributed by atoms with Gasteiger partial charge in [-0.2, -0.15) is 0 Å². The zero-order valence-electron chi connectivity index (χ0n) is 10.1. The molecule has 0 amide bonds. The van der Waals surface area contributed by atoms with Crippen molar-refractivity contribution in [2.24, 2.45) is 0 Å². The van der Waals surface area contributed by atoms with Crippen LogP contribution in [0.15, 0.2) is 11.6 Å². The lowest BCUT2D eigenvalue weighted by atomic mass is 9.97. The normalized spacial score (nSPS) is 32.4. The molecule has 98 valence electrons. The fourth-order valence-electron chi connectivity index (χ4n) is 2.57. The van der Waals surface area contributed by atoms with Crippen LogP contribution < -0.4 is 5.32 Å². The molecule has 2 N–H and O–H groups in total. The number of hydrogen-bond acceptors (Lipinski definition) is 4. The first-order chi connectivity index (χ1) is 8.07. The Morgan fingerprint density at radius 1 is 1.35 bits per heavy atom. The van der Waals surface area contributed by atoms with Gasteiger partial charge in [-0.25, -0.2) is 8.42 Å². The molecule has 1 aliphatic heterocycles. The van der Waals surface area contributed by atoms with Gasteiger partial charge in [0.2, 0.25) is 0 Å². The van der Waals surface area contributed by atoms with Gasteiger partial charge in [0.1, 0.15) is 0 Å². The Hall–Kier alpha value is -0.390. The van der Waals surface area contributed by atoms with E-state index in [2.05, 4.69) is 11.4 Å². The lowest BCUT2D eigenvalue weighted by Crippen LogP contribution is -2.39. The van der Waals surface area contributed by atoms with Crippen LogP contribution in [0.3, 0.4) is 0 Å². The van der Waals surface area contributed by atoms with Crippen LogP contribution in [0.25, 0.3) is 0 Å². The van der Waals surface area contributed by atoms with E-state index < -0.39 is 15.9 Å². The molecule has 0 aromatic carbocycles. The number of allylic oxidation sites excluding steroid dienone is 1. The smallest absolute Gasteiger partial charge is 0.154 e. The highest BCUT2D eigenvalue weighted by Crippen LogP contribution is 2.20. The summed E-state index contributed by atoms with van der Waals surface area (Å²) in [4.78, 5) is 0. The standard InChI is InChI=1S/C12H21NO3S/c14-12-9-17(15,16)8-11(12)13-7-6-10-4-2-1-3-5-10/h4,11-14H,1-3,5-9H2/t11-,12-/m0/s1. The first kappa shape index (κ1) is 13.1. The van der Waals surface area contributed by atoms with E-state index in [1.807, 2.05) is 0 Å². The molecule has 1 saturated heterocycles.